The molecule has 2 aromatic heterocycles. The van der Waals surface area contributed by atoms with Crippen LogP contribution in [0.1, 0.15) is 44.4 Å². The summed E-state index contributed by atoms with van der Waals surface area (Å²) in [6, 6.07) is 8.18. The van der Waals surface area contributed by atoms with Gasteiger partial charge < -0.3 is 10.3 Å². The van der Waals surface area contributed by atoms with E-state index < -0.39 is 0 Å². The van der Waals surface area contributed by atoms with Gasteiger partial charge in [-0.2, -0.15) is 4.37 Å². The molecule has 1 atom stereocenters. The van der Waals surface area contributed by atoms with Gasteiger partial charge in [0.05, 0.1) is 17.9 Å². The van der Waals surface area contributed by atoms with E-state index in [-0.39, 0.29) is 6.04 Å². The lowest BCUT2D eigenvalue weighted by atomic mass is 10.2. The van der Waals surface area contributed by atoms with Crippen molar-refractivity contribution in [1.29, 1.82) is 0 Å². The molecular formula is C16H18BrN5S. The van der Waals surface area contributed by atoms with Gasteiger partial charge in [-0.15, -0.1) is 0 Å². The van der Waals surface area contributed by atoms with E-state index in [2.05, 4.69) is 73.5 Å². The predicted molar refractivity (Wildman–Crippen MR) is 97.8 cm³/mol. The first-order chi connectivity index (χ1) is 11.0. The number of nitrogens with one attached hydrogen (secondary N) is 2. The van der Waals surface area contributed by atoms with Gasteiger partial charge in [-0.05, 0) is 24.6 Å². The minimum atomic E-state index is 0.0344. The molecule has 120 valence electrons. The molecule has 0 radical (unpaired) electrons. The first-order valence-corrected chi connectivity index (χ1v) is 9.00. The highest BCUT2D eigenvalue weighted by Gasteiger charge is 2.14. The van der Waals surface area contributed by atoms with Crippen molar-refractivity contribution in [2.75, 3.05) is 5.32 Å². The average molecular weight is 392 g/mol. The summed E-state index contributed by atoms with van der Waals surface area (Å²) < 4.78 is 5.42. The molecule has 23 heavy (non-hydrogen) atoms. The second-order valence-electron chi connectivity index (χ2n) is 5.67. The lowest BCUT2D eigenvalue weighted by Crippen LogP contribution is -2.08. The molecule has 2 heterocycles. The number of halogens is 1. The fourth-order valence-corrected chi connectivity index (χ4v) is 3.17. The van der Waals surface area contributed by atoms with Crippen molar-refractivity contribution in [2.24, 2.45) is 0 Å². The monoisotopic (exact) mass is 391 g/mol. The van der Waals surface area contributed by atoms with Crippen LogP contribution in [0.5, 0.6) is 0 Å². The summed E-state index contributed by atoms with van der Waals surface area (Å²) in [4.78, 5) is 12.3. The van der Waals surface area contributed by atoms with Crippen LogP contribution in [0.4, 0.5) is 5.13 Å². The van der Waals surface area contributed by atoms with E-state index in [9.17, 15) is 0 Å². The minimum Gasteiger partial charge on any atom is -0.351 e. The largest absolute Gasteiger partial charge is 0.351 e. The molecule has 0 aliphatic heterocycles. The van der Waals surface area contributed by atoms with Crippen LogP contribution in [0.2, 0.25) is 0 Å². The lowest BCUT2D eigenvalue weighted by Gasteiger charge is -2.09. The maximum Gasteiger partial charge on any atom is 0.203 e. The molecule has 5 nitrogen and oxygen atoms in total. The molecule has 7 heteroatoms. The highest BCUT2D eigenvalue weighted by molar-refractivity contribution is 9.10. The van der Waals surface area contributed by atoms with Gasteiger partial charge >= 0.3 is 0 Å². The van der Waals surface area contributed by atoms with Gasteiger partial charge in [0.2, 0.25) is 5.13 Å². The third kappa shape index (κ3) is 3.79. The number of anilines is 1. The van der Waals surface area contributed by atoms with Crippen molar-refractivity contribution in [3.8, 4) is 11.3 Å². The number of H-pyrrole nitrogens is 1. The molecule has 0 saturated heterocycles. The number of hydrogen-bond acceptors (Lipinski definition) is 5. The number of aromatic nitrogens is 4. The van der Waals surface area contributed by atoms with Crippen LogP contribution in [-0.2, 0) is 0 Å². The molecule has 0 unspecified atom stereocenters. The number of rotatable bonds is 5. The van der Waals surface area contributed by atoms with Gasteiger partial charge in [0.15, 0.2) is 0 Å². The first-order valence-electron chi connectivity index (χ1n) is 7.44. The lowest BCUT2D eigenvalue weighted by molar-refractivity contribution is 0.784. The Bertz CT molecular complexity index is 778. The Morgan fingerprint density at radius 3 is 2.57 bits per heavy atom. The zero-order chi connectivity index (χ0) is 16.4. The van der Waals surface area contributed by atoms with Crippen LogP contribution in [0, 0.1) is 0 Å². The molecule has 0 amide bonds. The van der Waals surface area contributed by atoms with E-state index in [0.29, 0.717) is 5.92 Å². The fourth-order valence-electron chi connectivity index (χ4n) is 2.11. The Balaban J connectivity index is 1.72. The van der Waals surface area contributed by atoms with E-state index in [1.165, 1.54) is 11.5 Å². The van der Waals surface area contributed by atoms with E-state index in [4.69, 9.17) is 0 Å². The Labute approximate surface area is 147 Å². The zero-order valence-corrected chi connectivity index (χ0v) is 15.6. The summed E-state index contributed by atoms with van der Waals surface area (Å²) in [7, 11) is 0. The first kappa shape index (κ1) is 16.1. The van der Waals surface area contributed by atoms with Gasteiger partial charge in [0, 0.05) is 21.9 Å². The molecule has 3 rings (SSSR count). The summed E-state index contributed by atoms with van der Waals surface area (Å²) >= 11 is 4.83. The summed E-state index contributed by atoms with van der Waals surface area (Å²) in [5, 5.41) is 4.17. The van der Waals surface area contributed by atoms with Crippen molar-refractivity contribution in [3.63, 3.8) is 0 Å². The van der Waals surface area contributed by atoms with E-state index >= 15 is 0 Å². The molecule has 2 N–H and O–H groups in total. The molecule has 1 aromatic carbocycles. The number of benzene rings is 1. The molecule has 0 saturated carbocycles. The highest BCUT2D eigenvalue weighted by Crippen LogP contribution is 2.24. The number of aromatic amines is 1. The SMILES string of the molecule is CC(C)c1nsc(N[C@H](C)c2ncc(-c3ccc(Br)cc3)[nH]2)n1. The third-order valence-corrected chi connectivity index (χ3v) is 4.65. The van der Waals surface area contributed by atoms with Gasteiger partial charge in [-0.25, -0.2) is 9.97 Å². The van der Waals surface area contributed by atoms with Crippen LogP contribution in [-0.4, -0.2) is 19.3 Å². The standard InChI is InChI=1S/C16H18BrN5S/c1-9(2)14-21-16(23-22-14)19-10(3)15-18-8-13(20-15)11-4-6-12(17)7-5-11/h4-10H,1-3H3,(H,18,20)(H,19,21,22)/t10-/m1/s1. The average Bonchev–Trinajstić information content (AvgIpc) is 3.17. The van der Waals surface area contributed by atoms with Gasteiger partial charge in [-0.3, -0.25) is 0 Å². The van der Waals surface area contributed by atoms with Crippen LogP contribution in [0.3, 0.4) is 0 Å². The molecule has 0 fully saturated rings. The van der Waals surface area contributed by atoms with Crippen molar-refractivity contribution in [2.45, 2.75) is 32.7 Å². The fraction of sp³-hybridized carbons (Fsp3) is 0.312. The maximum atomic E-state index is 4.50. The molecule has 3 aromatic rings. The smallest absolute Gasteiger partial charge is 0.203 e. The van der Waals surface area contributed by atoms with E-state index in [1.807, 2.05) is 18.3 Å². The van der Waals surface area contributed by atoms with Crippen LogP contribution < -0.4 is 5.32 Å². The van der Waals surface area contributed by atoms with E-state index in [1.54, 1.807) is 0 Å². The number of imidazole rings is 1. The molecule has 0 bridgehead atoms. The maximum absolute atomic E-state index is 4.50. The van der Waals surface area contributed by atoms with Crippen LogP contribution in [0.15, 0.2) is 34.9 Å². The second kappa shape index (κ2) is 6.80. The van der Waals surface area contributed by atoms with Crippen molar-refractivity contribution in [1.82, 2.24) is 19.3 Å². The summed E-state index contributed by atoms with van der Waals surface area (Å²) in [6.07, 6.45) is 1.86. The predicted octanol–water partition coefficient (Wildman–Crippen LogP) is 4.99. The quantitative estimate of drug-likeness (QED) is 0.642. The minimum absolute atomic E-state index is 0.0344. The van der Waals surface area contributed by atoms with Crippen LogP contribution in [0.25, 0.3) is 11.3 Å². The Morgan fingerprint density at radius 2 is 1.91 bits per heavy atom. The summed E-state index contributed by atoms with van der Waals surface area (Å²) in [6.45, 7) is 6.24. The molecule has 0 spiro atoms. The number of hydrogen-bond donors (Lipinski definition) is 2. The van der Waals surface area contributed by atoms with E-state index in [0.717, 1.165) is 32.5 Å². The Kier molecular flexibility index (Phi) is 4.77. The third-order valence-electron chi connectivity index (χ3n) is 3.46. The summed E-state index contributed by atoms with van der Waals surface area (Å²) in [5.74, 6) is 2.09. The zero-order valence-electron chi connectivity index (χ0n) is 13.2. The number of nitrogens with zero attached hydrogens (tertiary/aromatic N) is 3. The van der Waals surface area contributed by atoms with Gasteiger partial charge in [0.25, 0.3) is 0 Å². The summed E-state index contributed by atoms with van der Waals surface area (Å²) in [5.41, 5.74) is 2.11. The molecule has 0 aliphatic carbocycles. The normalized spacial score (nSPS) is 12.6. The van der Waals surface area contributed by atoms with Crippen molar-refractivity contribution >= 4 is 32.6 Å². The van der Waals surface area contributed by atoms with Gasteiger partial charge in [-0.1, -0.05) is 41.9 Å². The Morgan fingerprint density at radius 1 is 1.17 bits per heavy atom. The second-order valence-corrected chi connectivity index (χ2v) is 7.33. The van der Waals surface area contributed by atoms with Gasteiger partial charge in [0.1, 0.15) is 11.6 Å². The van der Waals surface area contributed by atoms with Crippen molar-refractivity contribution in [3.05, 3.63) is 46.6 Å². The van der Waals surface area contributed by atoms with Crippen LogP contribution >= 0.6 is 27.5 Å². The Hall–Kier alpha value is -1.73. The molecular weight excluding hydrogens is 374 g/mol. The highest BCUT2D eigenvalue weighted by atomic mass is 79.9. The molecule has 0 aliphatic rings. The van der Waals surface area contributed by atoms with Crippen molar-refractivity contribution < 1.29 is 0 Å². The topological polar surface area (TPSA) is 66.5 Å².